The molecule has 0 aliphatic heterocycles. The van der Waals surface area contributed by atoms with Crippen molar-refractivity contribution in [3.8, 4) is 5.75 Å². The predicted molar refractivity (Wildman–Crippen MR) is 133 cm³/mol. The fraction of sp³-hybridized carbons (Fsp3) is 0.130. The highest BCUT2D eigenvalue weighted by Gasteiger charge is 2.23. The molecule has 0 fully saturated rings. The monoisotopic (exact) mass is 497 g/mol. The highest BCUT2D eigenvalue weighted by molar-refractivity contribution is 7.92. The highest BCUT2D eigenvalue weighted by atomic mass is 32.2. The Morgan fingerprint density at radius 1 is 1.00 bits per heavy atom. The third kappa shape index (κ3) is 6.54. The molecule has 0 saturated heterocycles. The second-order valence-electron chi connectivity index (χ2n) is 7.34. The van der Waals surface area contributed by atoms with Gasteiger partial charge in [-0.1, -0.05) is 12.1 Å². The molecule has 182 valence electrons. The second kappa shape index (κ2) is 10.7. The van der Waals surface area contributed by atoms with Gasteiger partial charge in [-0.05, 0) is 55.0 Å². The first-order valence-corrected chi connectivity index (χ1v) is 11.7. The largest absolute Gasteiger partial charge is 0.497 e. The van der Waals surface area contributed by atoms with Crippen LogP contribution in [0.2, 0.25) is 0 Å². The topological polar surface area (TPSA) is 152 Å². The van der Waals surface area contributed by atoms with Crippen LogP contribution in [0.25, 0.3) is 0 Å². The molecule has 3 aromatic carbocycles. The minimum Gasteiger partial charge on any atom is -0.497 e. The van der Waals surface area contributed by atoms with Crippen LogP contribution >= 0.6 is 0 Å². The summed E-state index contributed by atoms with van der Waals surface area (Å²) in [6.07, 6.45) is 0. The van der Waals surface area contributed by atoms with Crippen LogP contribution in [0.15, 0.2) is 76.7 Å². The Labute approximate surface area is 202 Å². The molecule has 0 atom stereocenters. The molecule has 0 aliphatic carbocycles. The molecular formula is C23H23N5O6S. The molecule has 0 aliphatic rings. The predicted octanol–water partition coefficient (Wildman–Crippen LogP) is 4.20. The molecule has 35 heavy (non-hydrogen) atoms. The molecule has 0 radical (unpaired) electrons. The van der Waals surface area contributed by atoms with Crippen LogP contribution in [0, 0.1) is 10.1 Å². The number of nitro groups is 1. The Balaban J connectivity index is 1.93. The molecule has 1 amide bonds. The first-order valence-electron chi connectivity index (χ1n) is 10.2. The van der Waals surface area contributed by atoms with E-state index in [0.29, 0.717) is 22.7 Å². The number of nitrogens with one attached hydrogen (secondary N) is 3. The summed E-state index contributed by atoms with van der Waals surface area (Å²) in [6.45, 7) is 3.08. The lowest BCUT2D eigenvalue weighted by atomic mass is 10.1. The fourth-order valence-corrected chi connectivity index (χ4v) is 4.28. The van der Waals surface area contributed by atoms with Gasteiger partial charge in [0, 0.05) is 30.4 Å². The van der Waals surface area contributed by atoms with E-state index in [9.17, 15) is 23.3 Å². The van der Waals surface area contributed by atoms with Crippen LogP contribution in [0.5, 0.6) is 5.75 Å². The molecular weight excluding hydrogens is 474 g/mol. The van der Waals surface area contributed by atoms with Crippen molar-refractivity contribution in [2.45, 2.75) is 18.7 Å². The van der Waals surface area contributed by atoms with E-state index in [1.165, 1.54) is 38.3 Å². The van der Waals surface area contributed by atoms with Gasteiger partial charge in [0.25, 0.3) is 15.7 Å². The number of sulfonamides is 1. The van der Waals surface area contributed by atoms with Gasteiger partial charge in [-0.15, -0.1) is 0 Å². The maximum atomic E-state index is 13.1. The number of anilines is 3. The smallest absolute Gasteiger partial charge is 0.270 e. The number of carbonyl (C=O) groups is 1. The summed E-state index contributed by atoms with van der Waals surface area (Å²) in [6, 6.07) is 16.5. The van der Waals surface area contributed by atoms with Crippen molar-refractivity contribution >= 4 is 44.4 Å². The standard InChI is InChI=1S/C23H23N5O6S/c1-15(17-5-4-6-19(13-17)24-16(2)29)25-26-22-12-9-20(28(30)31)14-23(22)35(32,33)27-18-7-10-21(34-3)11-8-18/h4-14,26-27H,1-3H3,(H,24,29)/b25-15+. The van der Waals surface area contributed by atoms with Crippen LogP contribution in [-0.2, 0) is 14.8 Å². The quantitative estimate of drug-likeness (QED) is 0.228. The van der Waals surface area contributed by atoms with Gasteiger partial charge in [0.05, 0.1) is 23.4 Å². The van der Waals surface area contributed by atoms with Crippen molar-refractivity contribution in [2.75, 3.05) is 22.6 Å². The number of non-ortho nitro benzene ring substituents is 1. The van der Waals surface area contributed by atoms with Crippen molar-refractivity contribution in [1.82, 2.24) is 0 Å². The van der Waals surface area contributed by atoms with Gasteiger partial charge < -0.3 is 10.1 Å². The molecule has 3 N–H and O–H groups in total. The Hall–Kier alpha value is -4.45. The Bertz CT molecular complexity index is 1390. The normalized spacial score (nSPS) is 11.5. The molecule has 0 aromatic heterocycles. The molecule has 0 unspecified atom stereocenters. The molecule has 0 heterocycles. The van der Waals surface area contributed by atoms with Gasteiger partial charge in [-0.3, -0.25) is 25.1 Å². The molecule has 0 saturated carbocycles. The van der Waals surface area contributed by atoms with E-state index in [0.717, 1.165) is 6.07 Å². The Morgan fingerprint density at radius 3 is 2.34 bits per heavy atom. The Kier molecular flexibility index (Phi) is 7.66. The summed E-state index contributed by atoms with van der Waals surface area (Å²) in [5.74, 6) is 0.318. The second-order valence-corrected chi connectivity index (χ2v) is 8.99. The van der Waals surface area contributed by atoms with Crippen molar-refractivity contribution < 1.29 is 22.9 Å². The number of methoxy groups -OCH3 is 1. The lowest BCUT2D eigenvalue weighted by molar-refractivity contribution is -0.385. The number of hydrazone groups is 1. The highest BCUT2D eigenvalue weighted by Crippen LogP contribution is 2.29. The molecule has 0 spiro atoms. The lowest BCUT2D eigenvalue weighted by Crippen LogP contribution is -2.15. The van der Waals surface area contributed by atoms with Gasteiger partial charge in [-0.2, -0.15) is 5.10 Å². The van der Waals surface area contributed by atoms with E-state index in [1.807, 2.05) is 0 Å². The van der Waals surface area contributed by atoms with Gasteiger partial charge >= 0.3 is 0 Å². The van der Waals surface area contributed by atoms with Crippen molar-refractivity contribution in [2.24, 2.45) is 5.10 Å². The van der Waals surface area contributed by atoms with Crippen molar-refractivity contribution in [3.05, 3.63) is 82.4 Å². The zero-order valence-corrected chi connectivity index (χ0v) is 19.9. The number of nitro benzene ring substituents is 1. The number of ether oxygens (including phenoxy) is 1. The lowest BCUT2D eigenvalue weighted by Gasteiger charge is -2.13. The van der Waals surface area contributed by atoms with Crippen LogP contribution in [0.3, 0.4) is 0 Å². The number of carbonyl (C=O) groups excluding carboxylic acids is 1. The number of hydrogen-bond acceptors (Lipinski definition) is 8. The van der Waals surface area contributed by atoms with E-state index in [4.69, 9.17) is 4.74 Å². The molecule has 3 rings (SSSR count). The summed E-state index contributed by atoms with van der Waals surface area (Å²) in [5, 5.41) is 18.2. The van der Waals surface area contributed by atoms with Crippen molar-refractivity contribution in [3.63, 3.8) is 0 Å². The van der Waals surface area contributed by atoms with E-state index in [1.54, 1.807) is 43.3 Å². The molecule has 12 heteroatoms. The third-order valence-corrected chi connectivity index (χ3v) is 6.17. The van der Waals surface area contributed by atoms with Gasteiger partial charge in [-0.25, -0.2) is 8.42 Å². The summed E-state index contributed by atoms with van der Waals surface area (Å²) >= 11 is 0. The number of hydrogen-bond donors (Lipinski definition) is 3. The maximum Gasteiger partial charge on any atom is 0.270 e. The summed E-state index contributed by atoms with van der Waals surface area (Å²) in [4.78, 5) is 21.5. The Morgan fingerprint density at radius 2 is 1.71 bits per heavy atom. The zero-order valence-electron chi connectivity index (χ0n) is 19.1. The number of amides is 1. The van der Waals surface area contributed by atoms with Gasteiger partial charge in [0.1, 0.15) is 10.6 Å². The number of rotatable bonds is 9. The van der Waals surface area contributed by atoms with E-state index in [2.05, 4.69) is 20.6 Å². The summed E-state index contributed by atoms with van der Waals surface area (Å²) in [5.41, 5.74) is 4.31. The average molecular weight is 498 g/mol. The zero-order chi connectivity index (χ0) is 25.6. The summed E-state index contributed by atoms with van der Waals surface area (Å²) in [7, 11) is -2.74. The number of benzene rings is 3. The first-order chi connectivity index (χ1) is 16.6. The maximum absolute atomic E-state index is 13.1. The van der Waals surface area contributed by atoms with E-state index < -0.39 is 20.6 Å². The third-order valence-electron chi connectivity index (χ3n) is 4.75. The average Bonchev–Trinajstić information content (AvgIpc) is 2.82. The fourth-order valence-electron chi connectivity index (χ4n) is 3.04. The van der Waals surface area contributed by atoms with Crippen LogP contribution in [-0.4, -0.2) is 32.1 Å². The minimum atomic E-state index is -4.23. The molecule has 0 bridgehead atoms. The van der Waals surface area contributed by atoms with E-state index in [-0.39, 0.29) is 22.2 Å². The number of nitrogens with zero attached hydrogens (tertiary/aromatic N) is 2. The van der Waals surface area contributed by atoms with Crippen molar-refractivity contribution in [1.29, 1.82) is 0 Å². The summed E-state index contributed by atoms with van der Waals surface area (Å²) < 4.78 is 33.7. The van der Waals surface area contributed by atoms with Crippen LogP contribution in [0.4, 0.5) is 22.7 Å². The van der Waals surface area contributed by atoms with Gasteiger partial charge in [0.15, 0.2) is 0 Å². The minimum absolute atomic E-state index is 0.0361. The van der Waals surface area contributed by atoms with E-state index >= 15 is 0 Å². The SMILES string of the molecule is COc1ccc(NS(=O)(=O)c2cc([N+](=O)[O-])ccc2N/N=C(\C)c2cccc(NC(C)=O)c2)cc1. The molecule has 3 aromatic rings. The molecule has 11 nitrogen and oxygen atoms in total. The van der Waals surface area contributed by atoms with Gasteiger partial charge in [0.2, 0.25) is 5.91 Å². The van der Waals surface area contributed by atoms with Crippen LogP contribution < -0.4 is 20.2 Å². The van der Waals surface area contributed by atoms with Crippen LogP contribution in [0.1, 0.15) is 19.4 Å². The first kappa shape index (κ1) is 25.2.